The van der Waals surface area contributed by atoms with E-state index in [0.29, 0.717) is 23.3 Å². The Balaban J connectivity index is 2.12. The molecule has 23 heavy (non-hydrogen) atoms. The molecule has 1 fully saturated rings. The third-order valence-corrected chi connectivity index (χ3v) is 4.02. The summed E-state index contributed by atoms with van der Waals surface area (Å²) < 4.78 is 11.0. The molecule has 0 atom stereocenters. The largest absolute Gasteiger partial charge is 0.493 e. The third-order valence-electron chi connectivity index (χ3n) is 4.02. The van der Waals surface area contributed by atoms with Gasteiger partial charge in [0.2, 0.25) is 5.95 Å². The molecule has 1 aromatic carbocycles. The molecular formula is C17H22N4O2. The summed E-state index contributed by atoms with van der Waals surface area (Å²) in [4.78, 5) is 11.3. The van der Waals surface area contributed by atoms with Crippen LogP contribution < -0.4 is 20.1 Å². The van der Waals surface area contributed by atoms with Crippen molar-refractivity contribution in [3.8, 4) is 22.8 Å². The summed E-state index contributed by atoms with van der Waals surface area (Å²) >= 11 is 0. The van der Waals surface area contributed by atoms with E-state index >= 15 is 0 Å². The van der Waals surface area contributed by atoms with Gasteiger partial charge in [-0.25, -0.2) is 4.98 Å². The van der Waals surface area contributed by atoms with Gasteiger partial charge in [0, 0.05) is 24.7 Å². The first-order valence-electron chi connectivity index (χ1n) is 7.75. The topological polar surface area (TPSA) is 73.5 Å². The molecule has 2 aromatic rings. The number of aromatic nitrogens is 2. The first-order chi connectivity index (χ1) is 11.1. The lowest BCUT2D eigenvalue weighted by Gasteiger charge is -2.18. The van der Waals surface area contributed by atoms with E-state index < -0.39 is 0 Å². The minimum absolute atomic E-state index is 0.458. The van der Waals surface area contributed by atoms with Crippen LogP contribution in [0.2, 0.25) is 0 Å². The molecule has 6 nitrogen and oxygen atoms in total. The van der Waals surface area contributed by atoms with Crippen LogP contribution in [0, 0.1) is 6.92 Å². The lowest BCUT2D eigenvalue weighted by atomic mass is 10.1. The van der Waals surface area contributed by atoms with Gasteiger partial charge in [-0.3, -0.25) is 0 Å². The molecule has 0 aliphatic carbocycles. The van der Waals surface area contributed by atoms with Crippen molar-refractivity contribution in [1.29, 1.82) is 0 Å². The number of ether oxygens (including phenoxy) is 2. The van der Waals surface area contributed by atoms with Crippen molar-refractivity contribution in [2.45, 2.75) is 19.8 Å². The molecule has 1 aliphatic heterocycles. The average molecular weight is 314 g/mol. The van der Waals surface area contributed by atoms with E-state index in [-0.39, 0.29) is 0 Å². The highest BCUT2D eigenvalue weighted by Crippen LogP contribution is 2.39. The molecular weight excluding hydrogens is 292 g/mol. The lowest BCUT2D eigenvalue weighted by Crippen LogP contribution is -2.21. The second-order valence-electron chi connectivity index (χ2n) is 5.72. The van der Waals surface area contributed by atoms with Crippen LogP contribution in [-0.2, 0) is 0 Å². The summed E-state index contributed by atoms with van der Waals surface area (Å²) in [6.07, 6.45) is 2.32. The summed E-state index contributed by atoms with van der Waals surface area (Å²) in [5.74, 6) is 2.48. The SMILES string of the molecule is COc1cc(C)cc(-c2cc(N)nc(N3CCCC3)n2)c1OC. The van der Waals surface area contributed by atoms with Crippen LogP contribution in [0.1, 0.15) is 18.4 Å². The van der Waals surface area contributed by atoms with Crippen molar-refractivity contribution in [2.75, 3.05) is 37.9 Å². The van der Waals surface area contributed by atoms with Crippen molar-refractivity contribution in [3.05, 3.63) is 23.8 Å². The highest BCUT2D eigenvalue weighted by molar-refractivity contribution is 5.74. The van der Waals surface area contributed by atoms with Gasteiger partial charge < -0.3 is 20.1 Å². The Hall–Kier alpha value is -2.50. The predicted molar refractivity (Wildman–Crippen MR) is 91.2 cm³/mol. The van der Waals surface area contributed by atoms with Gasteiger partial charge in [-0.1, -0.05) is 0 Å². The van der Waals surface area contributed by atoms with Gasteiger partial charge in [0.1, 0.15) is 5.82 Å². The molecule has 0 unspecified atom stereocenters. The van der Waals surface area contributed by atoms with Gasteiger partial charge in [-0.2, -0.15) is 4.98 Å². The summed E-state index contributed by atoms with van der Waals surface area (Å²) in [5.41, 5.74) is 8.69. The smallest absolute Gasteiger partial charge is 0.227 e. The van der Waals surface area contributed by atoms with Crippen LogP contribution in [0.25, 0.3) is 11.3 Å². The summed E-state index contributed by atoms with van der Waals surface area (Å²) in [6, 6.07) is 5.74. The van der Waals surface area contributed by atoms with Crippen LogP contribution in [0.3, 0.4) is 0 Å². The number of anilines is 2. The van der Waals surface area contributed by atoms with Crippen LogP contribution >= 0.6 is 0 Å². The Morgan fingerprint density at radius 2 is 1.78 bits per heavy atom. The number of rotatable bonds is 4. The summed E-state index contributed by atoms with van der Waals surface area (Å²) in [5, 5.41) is 0. The van der Waals surface area contributed by atoms with Crippen molar-refractivity contribution >= 4 is 11.8 Å². The zero-order valence-electron chi connectivity index (χ0n) is 13.8. The Labute approximate surface area is 136 Å². The molecule has 3 rings (SSSR count). The van der Waals surface area contributed by atoms with Crippen molar-refractivity contribution in [3.63, 3.8) is 0 Å². The molecule has 0 radical (unpaired) electrons. The molecule has 2 heterocycles. The van der Waals surface area contributed by atoms with E-state index in [4.69, 9.17) is 20.2 Å². The van der Waals surface area contributed by atoms with Crippen LogP contribution in [0.5, 0.6) is 11.5 Å². The molecule has 1 saturated heterocycles. The Morgan fingerprint density at radius 3 is 2.43 bits per heavy atom. The normalized spacial score (nSPS) is 14.1. The Bertz CT molecular complexity index is 712. The molecule has 1 aromatic heterocycles. The van der Waals surface area contributed by atoms with Crippen LogP contribution in [0.4, 0.5) is 11.8 Å². The fraction of sp³-hybridized carbons (Fsp3) is 0.412. The van der Waals surface area contributed by atoms with E-state index in [0.717, 1.165) is 42.8 Å². The fourth-order valence-electron chi connectivity index (χ4n) is 2.94. The maximum atomic E-state index is 6.01. The first-order valence-corrected chi connectivity index (χ1v) is 7.75. The van der Waals surface area contributed by atoms with Crippen molar-refractivity contribution < 1.29 is 9.47 Å². The quantitative estimate of drug-likeness (QED) is 0.935. The Morgan fingerprint density at radius 1 is 1.04 bits per heavy atom. The Kier molecular flexibility index (Phi) is 4.23. The van der Waals surface area contributed by atoms with Gasteiger partial charge >= 0.3 is 0 Å². The maximum Gasteiger partial charge on any atom is 0.227 e. The van der Waals surface area contributed by atoms with Crippen molar-refractivity contribution in [1.82, 2.24) is 9.97 Å². The fourth-order valence-corrected chi connectivity index (χ4v) is 2.94. The standard InChI is InChI=1S/C17H22N4O2/c1-11-8-12(16(23-3)14(9-11)22-2)13-10-15(18)20-17(19-13)21-6-4-5-7-21/h8-10H,4-7H2,1-3H3,(H2,18,19,20). The predicted octanol–water partition coefficient (Wildman–Crippen LogP) is 2.65. The number of nitrogens with zero attached hydrogens (tertiary/aromatic N) is 3. The van der Waals surface area contributed by atoms with Gasteiger partial charge in [0.05, 0.1) is 19.9 Å². The molecule has 0 spiro atoms. The molecule has 2 N–H and O–H groups in total. The third kappa shape index (κ3) is 3.02. The second-order valence-corrected chi connectivity index (χ2v) is 5.72. The number of nitrogens with two attached hydrogens (primary N) is 1. The lowest BCUT2D eigenvalue weighted by molar-refractivity contribution is 0.356. The minimum atomic E-state index is 0.458. The first kappa shape index (κ1) is 15.4. The summed E-state index contributed by atoms with van der Waals surface area (Å²) in [7, 11) is 3.26. The van der Waals surface area contributed by atoms with Crippen LogP contribution in [-0.4, -0.2) is 37.3 Å². The van der Waals surface area contributed by atoms with Gasteiger partial charge in [0.15, 0.2) is 11.5 Å². The summed E-state index contributed by atoms with van der Waals surface area (Å²) in [6.45, 7) is 3.95. The van der Waals surface area contributed by atoms with E-state index in [9.17, 15) is 0 Å². The van der Waals surface area contributed by atoms with Crippen LogP contribution in [0.15, 0.2) is 18.2 Å². The number of nitrogen functional groups attached to an aromatic ring is 1. The number of benzene rings is 1. The van der Waals surface area contributed by atoms with E-state index in [2.05, 4.69) is 9.88 Å². The zero-order valence-corrected chi connectivity index (χ0v) is 13.8. The number of aryl methyl sites for hydroxylation is 1. The second kappa shape index (κ2) is 6.32. The zero-order chi connectivity index (χ0) is 16.4. The monoisotopic (exact) mass is 314 g/mol. The van der Waals surface area contributed by atoms with E-state index in [1.165, 1.54) is 0 Å². The number of hydrogen-bond acceptors (Lipinski definition) is 6. The average Bonchev–Trinajstić information content (AvgIpc) is 3.07. The molecule has 6 heteroatoms. The molecule has 0 bridgehead atoms. The molecule has 0 amide bonds. The van der Waals surface area contributed by atoms with Gasteiger partial charge in [0.25, 0.3) is 0 Å². The molecule has 1 aliphatic rings. The van der Waals surface area contributed by atoms with E-state index in [1.807, 2.05) is 19.1 Å². The minimum Gasteiger partial charge on any atom is -0.493 e. The van der Waals surface area contributed by atoms with Crippen molar-refractivity contribution in [2.24, 2.45) is 0 Å². The highest BCUT2D eigenvalue weighted by atomic mass is 16.5. The van der Waals surface area contributed by atoms with E-state index in [1.54, 1.807) is 20.3 Å². The number of methoxy groups -OCH3 is 2. The molecule has 0 saturated carbocycles. The number of hydrogen-bond donors (Lipinski definition) is 1. The maximum absolute atomic E-state index is 6.01. The van der Waals surface area contributed by atoms with Gasteiger partial charge in [-0.05, 0) is 37.5 Å². The highest BCUT2D eigenvalue weighted by Gasteiger charge is 2.19. The molecule has 122 valence electrons. The van der Waals surface area contributed by atoms with Gasteiger partial charge in [-0.15, -0.1) is 0 Å².